The van der Waals surface area contributed by atoms with E-state index in [0.717, 1.165) is 22.9 Å². The van der Waals surface area contributed by atoms with Gasteiger partial charge in [-0.2, -0.15) is 0 Å². The summed E-state index contributed by atoms with van der Waals surface area (Å²) < 4.78 is 15.1. The molecule has 0 saturated heterocycles. The van der Waals surface area contributed by atoms with Crippen molar-refractivity contribution >= 4 is 23.4 Å². The summed E-state index contributed by atoms with van der Waals surface area (Å²) in [7, 11) is 0. The monoisotopic (exact) mass is 346 g/mol. The lowest BCUT2D eigenvalue weighted by Gasteiger charge is -2.17. The Bertz CT molecular complexity index is 679. The molecule has 0 amide bonds. The minimum Gasteiger partial charge on any atom is -0.336 e. The van der Waals surface area contributed by atoms with Crippen LogP contribution in [0.1, 0.15) is 5.56 Å². The molecule has 2 nitrogen and oxygen atoms in total. The Morgan fingerprint density at radius 1 is 1.09 bits per heavy atom. The van der Waals surface area contributed by atoms with E-state index in [-0.39, 0.29) is 5.82 Å². The van der Waals surface area contributed by atoms with Crippen LogP contribution in [0.25, 0.3) is 0 Å². The molecule has 0 aliphatic heterocycles. The van der Waals surface area contributed by atoms with Gasteiger partial charge >= 0.3 is 0 Å². The van der Waals surface area contributed by atoms with E-state index in [2.05, 4.69) is 21.7 Å². The van der Waals surface area contributed by atoms with Crippen molar-refractivity contribution in [3.05, 3.63) is 83.7 Å². The summed E-state index contributed by atoms with van der Waals surface area (Å²) in [5.41, 5.74) is 1.23. The van der Waals surface area contributed by atoms with Gasteiger partial charge in [-0.1, -0.05) is 23.7 Å². The fourth-order valence-corrected chi connectivity index (χ4v) is 3.69. The molecule has 1 heterocycles. The van der Waals surface area contributed by atoms with Gasteiger partial charge in [-0.3, -0.25) is 0 Å². The van der Waals surface area contributed by atoms with Crippen molar-refractivity contribution in [1.29, 1.82) is 0 Å². The first kappa shape index (κ1) is 16.1. The Labute approximate surface area is 144 Å². The lowest BCUT2D eigenvalue weighted by atomic mass is 10.1. The number of aromatic nitrogens is 2. The molecule has 118 valence electrons. The highest BCUT2D eigenvalue weighted by Crippen LogP contribution is 2.27. The zero-order valence-electron chi connectivity index (χ0n) is 12.4. The summed E-state index contributed by atoms with van der Waals surface area (Å²) in [6, 6.07) is 14.6. The summed E-state index contributed by atoms with van der Waals surface area (Å²) in [6.45, 7) is 0.838. The number of imidazole rings is 1. The van der Waals surface area contributed by atoms with Crippen LogP contribution >= 0.6 is 23.4 Å². The predicted octanol–water partition coefficient (Wildman–Crippen LogP) is 5.08. The van der Waals surface area contributed by atoms with E-state index < -0.39 is 0 Å². The van der Waals surface area contributed by atoms with Crippen LogP contribution < -0.4 is 0 Å². The molecular formula is C18H16ClFN2S. The third-order valence-corrected chi connectivity index (χ3v) is 4.91. The van der Waals surface area contributed by atoms with E-state index >= 15 is 0 Å². The highest BCUT2D eigenvalue weighted by atomic mass is 35.5. The molecule has 1 unspecified atom stereocenters. The molecule has 1 aromatic heterocycles. The largest absolute Gasteiger partial charge is 0.336 e. The number of halogens is 2. The second-order valence-electron chi connectivity index (χ2n) is 5.28. The minimum absolute atomic E-state index is 0.210. The summed E-state index contributed by atoms with van der Waals surface area (Å²) in [4.78, 5) is 5.16. The number of hydrogen-bond acceptors (Lipinski definition) is 2. The maximum absolute atomic E-state index is 13.1. The summed E-state index contributed by atoms with van der Waals surface area (Å²) in [5, 5.41) is 1.06. The van der Waals surface area contributed by atoms with Crippen LogP contribution in [0, 0.1) is 5.82 Å². The van der Waals surface area contributed by atoms with E-state index in [4.69, 9.17) is 11.6 Å². The molecule has 0 aliphatic rings. The molecule has 3 aromatic rings. The van der Waals surface area contributed by atoms with Crippen LogP contribution in [-0.2, 0) is 13.0 Å². The van der Waals surface area contributed by atoms with Crippen molar-refractivity contribution in [2.45, 2.75) is 23.1 Å². The fourth-order valence-electron chi connectivity index (χ4n) is 2.36. The molecule has 0 fully saturated rings. The second-order valence-corrected chi connectivity index (χ2v) is 7.09. The SMILES string of the molecule is Fc1ccc(SC(Cc2ccc(Cl)cc2)Cn2ccnc2)cc1. The number of benzene rings is 2. The predicted molar refractivity (Wildman–Crippen MR) is 93.4 cm³/mol. The Hall–Kier alpha value is -1.78. The van der Waals surface area contributed by atoms with Crippen molar-refractivity contribution in [1.82, 2.24) is 9.55 Å². The fraction of sp³-hybridized carbons (Fsp3) is 0.167. The van der Waals surface area contributed by atoms with Gasteiger partial charge < -0.3 is 4.57 Å². The number of hydrogen-bond donors (Lipinski definition) is 0. The van der Waals surface area contributed by atoms with Crippen molar-refractivity contribution < 1.29 is 4.39 Å². The van der Waals surface area contributed by atoms with Gasteiger partial charge in [-0.15, -0.1) is 11.8 Å². The molecule has 0 radical (unpaired) electrons. The molecule has 1 atom stereocenters. The summed E-state index contributed by atoms with van der Waals surface area (Å²) in [5.74, 6) is -0.210. The van der Waals surface area contributed by atoms with Crippen LogP contribution in [0.5, 0.6) is 0 Å². The Kier molecular flexibility index (Phi) is 5.36. The van der Waals surface area contributed by atoms with E-state index in [1.807, 2.05) is 36.8 Å². The molecular weight excluding hydrogens is 331 g/mol. The van der Waals surface area contributed by atoms with Gasteiger partial charge in [-0.25, -0.2) is 9.37 Å². The maximum Gasteiger partial charge on any atom is 0.123 e. The Morgan fingerprint density at radius 3 is 2.48 bits per heavy atom. The van der Waals surface area contributed by atoms with E-state index in [9.17, 15) is 4.39 Å². The number of rotatable bonds is 6. The molecule has 2 aromatic carbocycles. The van der Waals surface area contributed by atoms with Crippen LogP contribution in [0.3, 0.4) is 0 Å². The number of nitrogens with zero attached hydrogens (tertiary/aromatic N) is 2. The zero-order valence-corrected chi connectivity index (χ0v) is 14.0. The lowest BCUT2D eigenvalue weighted by molar-refractivity contribution is 0.626. The standard InChI is InChI=1S/C18H16ClFN2S/c19-15-3-1-14(2-4-15)11-18(12-22-10-9-21-13-22)23-17-7-5-16(20)6-8-17/h1-10,13,18H,11-12H2. The molecule has 0 aliphatic carbocycles. The minimum atomic E-state index is -0.210. The van der Waals surface area contributed by atoms with Crippen LogP contribution in [0.2, 0.25) is 5.02 Å². The molecule has 0 saturated carbocycles. The van der Waals surface area contributed by atoms with Gasteiger partial charge in [-0.05, 0) is 48.4 Å². The van der Waals surface area contributed by atoms with Gasteiger partial charge in [0.05, 0.1) is 6.33 Å². The van der Waals surface area contributed by atoms with Gasteiger partial charge in [0.15, 0.2) is 0 Å². The van der Waals surface area contributed by atoms with Gasteiger partial charge in [0.25, 0.3) is 0 Å². The smallest absolute Gasteiger partial charge is 0.123 e. The summed E-state index contributed by atoms with van der Waals surface area (Å²) >= 11 is 7.70. The molecule has 5 heteroatoms. The van der Waals surface area contributed by atoms with Crippen LogP contribution in [0.15, 0.2) is 72.1 Å². The molecule has 23 heavy (non-hydrogen) atoms. The highest BCUT2D eigenvalue weighted by molar-refractivity contribution is 8.00. The lowest BCUT2D eigenvalue weighted by Crippen LogP contribution is -2.15. The summed E-state index contributed by atoms with van der Waals surface area (Å²) in [6.07, 6.45) is 6.46. The van der Waals surface area contributed by atoms with Crippen molar-refractivity contribution in [2.24, 2.45) is 0 Å². The van der Waals surface area contributed by atoms with Crippen molar-refractivity contribution in [3.63, 3.8) is 0 Å². The molecule has 0 bridgehead atoms. The number of thioether (sulfide) groups is 1. The van der Waals surface area contributed by atoms with E-state index in [0.29, 0.717) is 5.25 Å². The highest BCUT2D eigenvalue weighted by Gasteiger charge is 2.13. The Balaban J connectivity index is 1.75. The van der Waals surface area contributed by atoms with Crippen molar-refractivity contribution in [2.75, 3.05) is 0 Å². The third kappa shape index (κ3) is 4.85. The van der Waals surface area contributed by atoms with E-state index in [1.165, 1.54) is 17.7 Å². The average molecular weight is 347 g/mol. The average Bonchev–Trinajstić information content (AvgIpc) is 3.05. The first-order chi connectivity index (χ1) is 11.2. The van der Waals surface area contributed by atoms with Crippen LogP contribution in [-0.4, -0.2) is 14.8 Å². The second kappa shape index (κ2) is 7.66. The van der Waals surface area contributed by atoms with Gasteiger partial charge in [0.2, 0.25) is 0 Å². The van der Waals surface area contributed by atoms with Gasteiger partial charge in [0, 0.05) is 34.1 Å². The first-order valence-electron chi connectivity index (χ1n) is 7.31. The molecule has 0 N–H and O–H groups in total. The van der Waals surface area contributed by atoms with E-state index in [1.54, 1.807) is 18.0 Å². The Morgan fingerprint density at radius 2 is 1.83 bits per heavy atom. The quantitative estimate of drug-likeness (QED) is 0.579. The van der Waals surface area contributed by atoms with Crippen LogP contribution in [0.4, 0.5) is 4.39 Å². The van der Waals surface area contributed by atoms with Crippen molar-refractivity contribution in [3.8, 4) is 0 Å². The normalized spacial score (nSPS) is 12.3. The first-order valence-corrected chi connectivity index (χ1v) is 8.57. The topological polar surface area (TPSA) is 17.8 Å². The van der Waals surface area contributed by atoms with Gasteiger partial charge in [0.1, 0.15) is 5.82 Å². The maximum atomic E-state index is 13.1. The molecule has 0 spiro atoms. The third-order valence-electron chi connectivity index (χ3n) is 3.47. The zero-order chi connectivity index (χ0) is 16.1. The molecule has 3 rings (SSSR count).